The standard InChI is InChI=1S/C8H10N2O4/c1-5(11)14-4-6-3-7(10-9-6)8(12)13-2/h3H,4H2,1-2H3,(H,9,10). The van der Waals surface area contributed by atoms with Crippen molar-refractivity contribution < 1.29 is 19.1 Å². The van der Waals surface area contributed by atoms with E-state index in [9.17, 15) is 9.59 Å². The minimum atomic E-state index is -0.532. The molecule has 1 aromatic rings. The van der Waals surface area contributed by atoms with Gasteiger partial charge in [0.05, 0.1) is 12.8 Å². The first-order chi connectivity index (χ1) is 6.63. The topological polar surface area (TPSA) is 81.3 Å². The number of hydrogen-bond donors (Lipinski definition) is 1. The molecule has 0 fully saturated rings. The highest BCUT2D eigenvalue weighted by atomic mass is 16.5. The van der Waals surface area contributed by atoms with Gasteiger partial charge in [0.25, 0.3) is 0 Å². The predicted octanol–water partition coefficient (Wildman–Crippen LogP) is 0.259. The van der Waals surface area contributed by atoms with Crippen molar-refractivity contribution in [3.63, 3.8) is 0 Å². The number of hydrogen-bond acceptors (Lipinski definition) is 5. The first kappa shape index (κ1) is 10.2. The molecule has 0 radical (unpaired) electrons. The van der Waals surface area contributed by atoms with Crippen LogP contribution in [-0.2, 0) is 20.9 Å². The van der Waals surface area contributed by atoms with Crippen molar-refractivity contribution in [3.8, 4) is 0 Å². The number of ether oxygens (including phenoxy) is 2. The molecule has 0 aliphatic carbocycles. The molecule has 0 amide bonds. The Labute approximate surface area is 80.2 Å². The number of rotatable bonds is 3. The van der Waals surface area contributed by atoms with Crippen LogP contribution in [0.3, 0.4) is 0 Å². The summed E-state index contributed by atoms with van der Waals surface area (Å²) in [4.78, 5) is 21.4. The van der Waals surface area contributed by atoms with Gasteiger partial charge < -0.3 is 9.47 Å². The van der Waals surface area contributed by atoms with E-state index in [0.29, 0.717) is 5.69 Å². The maximum absolute atomic E-state index is 11.0. The van der Waals surface area contributed by atoms with Gasteiger partial charge in [-0.2, -0.15) is 5.10 Å². The predicted molar refractivity (Wildman–Crippen MR) is 45.4 cm³/mol. The first-order valence-corrected chi connectivity index (χ1v) is 3.89. The van der Waals surface area contributed by atoms with Gasteiger partial charge >= 0.3 is 11.9 Å². The molecule has 0 spiro atoms. The Bertz CT molecular complexity index is 345. The molecule has 0 aliphatic heterocycles. The highest BCUT2D eigenvalue weighted by molar-refractivity contribution is 5.87. The number of carbonyl (C=O) groups excluding carboxylic acids is 2. The number of nitrogens with zero attached hydrogens (tertiary/aromatic N) is 1. The van der Waals surface area contributed by atoms with Crippen LogP contribution < -0.4 is 0 Å². The van der Waals surface area contributed by atoms with Crippen molar-refractivity contribution in [1.82, 2.24) is 10.2 Å². The average molecular weight is 198 g/mol. The number of aromatic nitrogens is 2. The number of carbonyl (C=O) groups is 2. The van der Waals surface area contributed by atoms with Gasteiger partial charge in [0.1, 0.15) is 6.61 Å². The summed E-state index contributed by atoms with van der Waals surface area (Å²) >= 11 is 0. The Hall–Kier alpha value is -1.85. The van der Waals surface area contributed by atoms with Gasteiger partial charge in [0.2, 0.25) is 0 Å². The zero-order valence-electron chi connectivity index (χ0n) is 7.86. The number of nitrogens with one attached hydrogen (secondary N) is 1. The van der Waals surface area contributed by atoms with Crippen molar-refractivity contribution in [2.45, 2.75) is 13.5 Å². The molecule has 1 N–H and O–H groups in total. The molecule has 0 unspecified atom stereocenters. The Balaban J connectivity index is 2.59. The lowest BCUT2D eigenvalue weighted by Crippen LogP contribution is -2.01. The Morgan fingerprint density at radius 2 is 2.29 bits per heavy atom. The molecule has 6 nitrogen and oxygen atoms in total. The van der Waals surface area contributed by atoms with E-state index >= 15 is 0 Å². The average Bonchev–Trinajstić information content (AvgIpc) is 2.62. The van der Waals surface area contributed by atoms with Crippen LogP contribution in [0.1, 0.15) is 23.1 Å². The van der Waals surface area contributed by atoms with Gasteiger partial charge in [-0.1, -0.05) is 0 Å². The molecular formula is C8H10N2O4. The molecule has 0 aromatic carbocycles. The van der Waals surface area contributed by atoms with Crippen LogP contribution >= 0.6 is 0 Å². The number of H-pyrrole nitrogens is 1. The lowest BCUT2D eigenvalue weighted by Gasteiger charge is -1.96. The van der Waals surface area contributed by atoms with E-state index in [1.54, 1.807) is 0 Å². The molecule has 6 heteroatoms. The lowest BCUT2D eigenvalue weighted by atomic mass is 10.4. The van der Waals surface area contributed by atoms with Crippen molar-refractivity contribution in [2.75, 3.05) is 7.11 Å². The highest BCUT2D eigenvalue weighted by Gasteiger charge is 2.10. The summed E-state index contributed by atoms with van der Waals surface area (Å²) in [6.07, 6.45) is 0. The maximum atomic E-state index is 11.0. The molecule has 0 aliphatic rings. The van der Waals surface area contributed by atoms with Crippen molar-refractivity contribution in [2.24, 2.45) is 0 Å². The molecule has 0 bridgehead atoms. The van der Waals surface area contributed by atoms with Crippen molar-refractivity contribution in [1.29, 1.82) is 0 Å². The molecule has 1 rings (SSSR count). The van der Waals surface area contributed by atoms with Crippen LogP contribution in [0, 0.1) is 0 Å². The number of esters is 2. The smallest absolute Gasteiger partial charge is 0.358 e. The second-order valence-electron chi connectivity index (χ2n) is 2.55. The third-order valence-electron chi connectivity index (χ3n) is 1.46. The van der Waals surface area contributed by atoms with Gasteiger partial charge in [-0.25, -0.2) is 4.79 Å². The molecule has 1 heterocycles. The summed E-state index contributed by atoms with van der Waals surface area (Å²) in [7, 11) is 1.27. The fourth-order valence-electron chi connectivity index (χ4n) is 0.824. The first-order valence-electron chi connectivity index (χ1n) is 3.89. The van der Waals surface area contributed by atoms with E-state index in [4.69, 9.17) is 4.74 Å². The van der Waals surface area contributed by atoms with Crippen LogP contribution in [0.2, 0.25) is 0 Å². The molecule has 14 heavy (non-hydrogen) atoms. The van der Waals surface area contributed by atoms with Gasteiger partial charge in [-0.15, -0.1) is 0 Å². The van der Waals surface area contributed by atoms with Crippen LogP contribution in [0.5, 0.6) is 0 Å². The van der Waals surface area contributed by atoms with Gasteiger partial charge in [0, 0.05) is 6.92 Å². The van der Waals surface area contributed by atoms with Crippen LogP contribution in [-0.4, -0.2) is 29.2 Å². The van der Waals surface area contributed by atoms with E-state index < -0.39 is 5.97 Å². The SMILES string of the molecule is COC(=O)c1cc(COC(C)=O)[nH]n1. The second kappa shape index (κ2) is 4.40. The Morgan fingerprint density at radius 3 is 2.86 bits per heavy atom. The fourth-order valence-corrected chi connectivity index (χ4v) is 0.824. The van der Waals surface area contributed by atoms with E-state index in [0.717, 1.165) is 0 Å². The second-order valence-corrected chi connectivity index (χ2v) is 2.55. The minimum Gasteiger partial charge on any atom is -0.464 e. The summed E-state index contributed by atoms with van der Waals surface area (Å²) in [5, 5.41) is 6.22. The van der Waals surface area contributed by atoms with Gasteiger partial charge in [0.15, 0.2) is 5.69 Å². The van der Waals surface area contributed by atoms with Crippen LogP contribution in [0.15, 0.2) is 6.07 Å². The maximum Gasteiger partial charge on any atom is 0.358 e. The molecule has 1 aromatic heterocycles. The minimum absolute atomic E-state index is 0.0688. The zero-order valence-corrected chi connectivity index (χ0v) is 7.86. The largest absolute Gasteiger partial charge is 0.464 e. The van der Waals surface area contributed by atoms with E-state index in [2.05, 4.69) is 14.9 Å². The number of aromatic amines is 1. The van der Waals surface area contributed by atoms with Crippen LogP contribution in [0.4, 0.5) is 0 Å². The molecule has 76 valence electrons. The van der Waals surface area contributed by atoms with Gasteiger partial charge in [-0.05, 0) is 6.07 Å². The van der Waals surface area contributed by atoms with Crippen LogP contribution in [0.25, 0.3) is 0 Å². The van der Waals surface area contributed by atoms with E-state index in [-0.39, 0.29) is 18.3 Å². The molecular weight excluding hydrogens is 188 g/mol. The van der Waals surface area contributed by atoms with E-state index in [1.165, 1.54) is 20.1 Å². The highest BCUT2D eigenvalue weighted by Crippen LogP contribution is 2.02. The third kappa shape index (κ3) is 2.58. The third-order valence-corrected chi connectivity index (χ3v) is 1.46. The summed E-state index contributed by atoms with van der Waals surface area (Å²) < 4.78 is 9.14. The number of methoxy groups -OCH3 is 1. The lowest BCUT2D eigenvalue weighted by molar-refractivity contribution is -0.142. The Kier molecular flexibility index (Phi) is 3.22. The molecule has 0 atom stereocenters. The van der Waals surface area contributed by atoms with Gasteiger partial charge in [-0.3, -0.25) is 9.89 Å². The van der Waals surface area contributed by atoms with Crippen molar-refractivity contribution in [3.05, 3.63) is 17.5 Å². The monoisotopic (exact) mass is 198 g/mol. The molecule has 0 saturated carbocycles. The molecule has 0 saturated heterocycles. The zero-order chi connectivity index (χ0) is 10.6. The van der Waals surface area contributed by atoms with E-state index in [1.807, 2.05) is 0 Å². The summed E-state index contributed by atoms with van der Waals surface area (Å²) in [5.74, 6) is -0.922. The summed E-state index contributed by atoms with van der Waals surface area (Å²) in [6, 6.07) is 1.47. The Morgan fingerprint density at radius 1 is 1.57 bits per heavy atom. The van der Waals surface area contributed by atoms with Crippen molar-refractivity contribution >= 4 is 11.9 Å². The summed E-state index contributed by atoms with van der Waals surface area (Å²) in [5.41, 5.74) is 0.704. The fraction of sp³-hybridized carbons (Fsp3) is 0.375. The normalized spacial score (nSPS) is 9.57. The summed E-state index contributed by atoms with van der Waals surface area (Å²) in [6.45, 7) is 1.37. The quantitative estimate of drug-likeness (QED) is 0.704.